The van der Waals surface area contributed by atoms with Crippen LogP contribution in [0, 0.1) is 11.8 Å². The third-order valence-corrected chi connectivity index (χ3v) is 8.03. The molecule has 0 bridgehead atoms. The van der Waals surface area contributed by atoms with Crippen molar-refractivity contribution in [3.05, 3.63) is 84.0 Å². The summed E-state index contributed by atoms with van der Waals surface area (Å²) in [7, 11) is 1.57. The van der Waals surface area contributed by atoms with Crippen molar-refractivity contribution in [3.8, 4) is 5.75 Å². The second kappa shape index (κ2) is 17.6. The molecule has 2 aromatic carbocycles. The van der Waals surface area contributed by atoms with Gasteiger partial charge in [-0.15, -0.1) is 0 Å². The number of benzene rings is 2. The lowest BCUT2D eigenvalue weighted by Crippen LogP contribution is -2.49. The molecule has 0 radical (unpaired) electrons. The molecular formula is C34H41IN2O7. The number of hydrogen-bond acceptors (Lipinski definition) is 7. The molecule has 9 nitrogen and oxygen atoms in total. The number of ether oxygens (including phenoxy) is 3. The van der Waals surface area contributed by atoms with Gasteiger partial charge in [0.05, 0.1) is 17.0 Å². The van der Waals surface area contributed by atoms with Crippen molar-refractivity contribution in [2.75, 3.05) is 13.7 Å². The molecule has 0 aromatic heterocycles. The highest BCUT2D eigenvalue weighted by Crippen LogP contribution is 2.20. The standard InChI is InChI=1S/C34H41IN2O7/c1-22(2)19-30-34(41)43-29(27(35)18-15-24-9-6-5-7-10-24)11-8-12-31(38)37-28(20-25-13-16-26(42-4)17-14-25)32(39)36-21-23(3)33(40)44-30/h5-11,13-18,22-23,27-30H,12,19-21H2,1-4H3,(H,36,39)(H,37,38)/t23-,27?,28-,29?,30+/m1/s1. The van der Waals surface area contributed by atoms with Crippen LogP contribution < -0.4 is 15.4 Å². The molecule has 1 heterocycles. The van der Waals surface area contributed by atoms with Gasteiger partial charge in [-0.1, -0.05) is 104 Å². The highest BCUT2D eigenvalue weighted by atomic mass is 127. The predicted octanol–water partition coefficient (Wildman–Crippen LogP) is 4.82. The third-order valence-electron chi connectivity index (χ3n) is 6.91. The number of rotatable bonds is 8. The third kappa shape index (κ3) is 11.4. The molecule has 0 saturated carbocycles. The second-order valence-electron chi connectivity index (χ2n) is 11.1. The number of nitrogens with one attached hydrogen (secondary N) is 2. The van der Waals surface area contributed by atoms with Gasteiger partial charge in [-0.05, 0) is 41.7 Å². The van der Waals surface area contributed by atoms with E-state index in [1.165, 1.54) is 0 Å². The molecule has 2 unspecified atom stereocenters. The Hall–Kier alpha value is -3.67. The maximum atomic E-state index is 13.3. The fourth-order valence-electron chi connectivity index (χ4n) is 4.40. The van der Waals surface area contributed by atoms with Gasteiger partial charge in [0.2, 0.25) is 11.8 Å². The number of methoxy groups -OCH3 is 1. The fraction of sp³-hybridized carbons (Fsp3) is 0.412. The second-order valence-corrected chi connectivity index (χ2v) is 12.6. The van der Waals surface area contributed by atoms with Crippen molar-refractivity contribution in [1.82, 2.24) is 10.6 Å². The highest BCUT2D eigenvalue weighted by molar-refractivity contribution is 14.1. The minimum Gasteiger partial charge on any atom is -0.497 e. The summed E-state index contributed by atoms with van der Waals surface area (Å²) in [5.41, 5.74) is 1.81. The molecule has 10 heteroatoms. The Labute approximate surface area is 272 Å². The molecule has 1 aliphatic rings. The van der Waals surface area contributed by atoms with Crippen molar-refractivity contribution >= 4 is 52.4 Å². The van der Waals surface area contributed by atoms with Crippen molar-refractivity contribution in [1.29, 1.82) is 0 Å². The maximum Gasteiger partial charge on any atom is 0.348 e. The fourth-order valence-corrected chi connectivity index (χ4v) is 5.00. The van der Waals surface area contributed by atoms with Crippen LogP contribution in [0.3, 0.4) is 0 Å². The van der Waals surface area contributed by atoms with E-state index < -0.39 is 42.0 Å². The molecule has 2 aromatic rings. The van der Waals surface area contributed by atoms with Crippen LogP contribution in [0.1, 0.15) is 44.7 Å². The van der Waals surface area contributed by atoms with E-state index >= 15 is 0 Å². The van der Waals surface area contributed by atoms with Crippen LogP contribution in [0.25, 0.3) is 6.08 Å². The molecule has 5 atom stereocenters. The number of cyclic esters (lactones) is 2. The lowest BCUT2D eigenvalue weighted by Gasteiger charge is -2.25. The smallest absolute Gasteiger partial charge is 0.348 e. The van der Waals surface area contributed by atoms with E-state index in [2.05, 4.69) is 33.2 Å². The molecule has 0 saturated heterocycles. The van der Waals surface area contributed by atoms with Gasteiger partial charge in [0.15, 0.2) is 6.10 Å². The van der Waals surface area contributed by atoms with Gasteiger partial charge in [0, 0.05) is 19.4 Å². The summed E-state index contributed by atoms with van der Waals surface area (Å²) in [6, 6.07) is 16.1. The zero-order valence-corrected chi connectivity index (χ0v) is 27.7. The summed E-state index contributed by atoms with van der Waals surface area (Å²) >= 11 is 2.18. The summed E-state index contributed by atoms with van der Waals surface area (Å²) in [5.74, 6) is -2.11. The molecule has 2 amide bonds. The van der Waals surface area contributed by atoms with Gasteiger partial charge in [-0.25, -0.2) is 4.79 Å². The quantitative estimate of drug-likeness (QED) is 0.174. The number of carbonyl (C=O) groups is 4. The summed E-state index contributed by atoms with van der Waals surface area (Å²) in [6.45, 7) is 5.43. The Balaban J connectivity index is 1.88. The Kier molecular flexibility index (Phi) is 13.9. The molecule has 2 N–H and O–H groups in total. The van der Waals surface area contributed by atoms with E-state index in [1.807, 2.05) is 68.5 Å². The van der Waals surface area contributed by atoms with Crippen LogP contribution in [-0.2, 0) is 35.1 Å². The largest absolute Gasteiger partial charge is 0.497 e. The van der Waals surface area contributed by atoms with Crippen LogP contribution >= 0.6 is 22.6 Å². The van der Waals surface area contributed by atoms with Crippen molar-refractivity contribution in [2.24, 2.45) is 11.8 Å². The first kappa shape index (κ1) is 34.8. The molecule has 0 fully saturated rings. The van der Waals surface area contributed by atoms with Gasteiger partial charge in [-0.3, -0.25) is 14.4 Å². The Bertz CT molecular complexity index is 1310. The highest BCUT2D eigenvalue weighted by Gasteiger charge is 2.31. The molecule has 44 heavy (non-hydrogen) atoms. The molecule has 3 rings (SSSR count). The van der Waals surface area contributed by atoms with Crippen LogP contribution in [-0.4, -0.2) is 59.6 Å². The summed E-state index contributed by atoms with van der Waals surface area (Å²) in [5, 5.41) is 5.56. The minimum atomic E-state index is -1.11. The van der Waals surface area contributed by atoms with Crippen molar-refractivity contribution in [2.45, 2.75) is 62.2 Å². The average molecular weight is 717 g/mol. The number of halogens is 1. The summed E-state index contributed by atoms with van der Waals surface area (Å²) in [6.07, 6.45) is 5.74. The van der Waals surface area contributed by atoms with Crippen LogP contribution in [0.15, 0.2) is 72.8 Å². The number of carbonyl (C=O) groups excluding carboxylic acids is 4. The lowest BCUT2D eigenvalue weighted by molar-refractivity contribution is -0.173. The van der Waals surface area contributed by atoms with Crippen LogP contribution in [0.2, 0.25) is 0 Å². The first-order chi connectivity index (χ1) is 21.0. The number of esters is 2. The normalized spacial score (nSPS) is 23.0. The summed E-state index contributed by atoms with van der Waals surface area (Å²) in [4.78, 5) is 52.6. The van der Waals surface area contributed by atoms with E-state index in [9.17, 15) is 19.2 Å². The molecular weight excluding hydrogens is 675 g/mol. The van der Waals surface area contributed by atoms with E-state index in [1.54, 1.807) is 38.3 Å². The lowest BCUT2D eigenvalue weighted by atomic mass is 10.0. The van der Waals surface area contributed by atoms with E-state index in [4.69, 9.17) is 14.2 Å². The topological polar surface area (TPSA) is 120 Å². The van der Waals surface area contributed by atoms with Crippen LogP contribution in [0.4, 0.5) is 0 Å². The first-order valence-corrected chi connectivity index (χ1v) is 15.9. The van der Waals surface area contributed by atoms with Crippen molar-refractivity contribution in [3.63, 3.8) is 0 Å². The van der Waals surface area contributed by atoms with E-state index in [-0.39, 0.29) is 41.6 Å². The predicted molar refractivity (Wildman–Crippen MR) is 177 cm³/mol. The monoisotopic (exact) mass is 716 g/mol. The van der Waals surface area contributed by atoms with E-state index in [0.717, 1.165) is 11.1 Å². The van der Waals surface area contributed by atoms with Crippen molar-refractivity contribution < 1.29 is 33.4 Å². The van der Waals surface area contributed by atoms with Crippen LogP contribution in [0.5, 0.6) is 5.75 Å². The van der Waals surface area contributed by atoms with Gasteiger partial charge in [0.25, 0.3) is 0 Å². The SMILES string of the molecule is COc1ccc(C[C@H]2NC(=O)CC=CC(C(I)C=Cc3ccccc3)OC(=O)[C@H](CC(C)C)OC(=O)[C@H](C)CNC2=O)cc1. The molecule has 236 valence electrons. The summed E-state index contributed by atoms with van der Waals surface area (Å²) < 4.78 is 16.5. The minimum absolute atomic E-state index is 0.0290. The zero-order valence-electron chi connectivity index (χ0n) is 25.5. The maximum absolute atomic E-state index is 13.3. The Morgan fingerprint density at radius 3 is 2.36 bits per heavy atom. The Morgan fingerprint density at radius 1 is 1.00 bits per heavy atom. The average Bonchev–Trinajstić information content (AvgIpc) is 3.01. The number of amides is 2. The number of hydrogen-bond donors (Lipinski definition) is 2. The molecule has 0 spiro atoms. The molecule has 0 aliphatic carbocycles. The van der Waals surface area contributed by atoms with Gasteiger partial charge < -0.3 is 24.8 Å². The first-order valence-electron chi connectivity index (χ1n) is 14.7. The van der Waals surface area contributed by atoms with Gasteiger partial charge >= 0.3 is 11.9 Å². The van der Waals surface area contributed by atoms with Gasteiger partial charge in [0.1, 0.15) is 17.9 Å². The molecule has 1 aliphatic heterocycles. The number of alkyl halides is 1. The van der Waals surface area contributed by atoms with E-state index in [0.29, 0.717) is 5.75 Å². The van der Waals surface area contributed by atoms with Gasteiger partial charge in [-0.2, -0.15) is 0 Å². The Morgan fingerprint density at radius 2 is 1.70 bits per heavy atom. The zero-order chi connectivity index (χ0) is 32.1.